The molecular formula is C16H15Cl2NO4. The molecular weight excluding hydrogens is 341 g/mol. The van der Waals surface area contributed by atoms with Gasteiger partial charge in [0.2, 0.25) is 0 Å². The van der Waals surface area contributed by atoms with Crippen LogP contribution in [-0.4, -0.2) is 26.7 Å². The van der Waals surface area contributed by atoms with Crippen LogP contribution in [0.5, 0.6) is 17.2 Å². The van der Waals surface area contributed by atoms with Gasteiger partial charge in [0.05, 0.1) is 30.0 Å². The first-order chi connectivity index (χ1) is 11.0. The van der Waals surface area contributed by atoms with Crippen LogP contribution >= 0.6 is 23.2 Å². The van der Waals surface area contributed by atoms with Crippen LogP contribution in [0.3, 0.4) is 0 Å². The average Bonchev–Trinajstić information content (AvgIpc) is 2.56. The number of nitrogens with one attached hydrogen (secondary N) is 1. The third-order valence-electron chi connectivity index (χ3n) is 2.94. The number of anilines is 1. The molecule has 0 radical (unpaired) electrons. The molecule has 0 aliphatic carbocycles. The quantitative estimate of drug-likeness (QED) is 0.849. The molecule has 7 heteroatoms. The van der Waals surface area contributed by atoms with Crippen LogP contribution in [0.4, 0.5) is 5.69 Å². The predicted octanol–water partition coefficient (Wildman–Crippen LogP) is 4.03. The Kier molecular flexibility index (Phi) is 5.96. The lowest BCUT2D eigenvalue weighted by atomic mass is 10.2. The Bertz CT molecular complexity index is 706. The number of amides is 1. The molecule has 0 aliphatic rings. The number of rotatable bonds is 6. The van der Waals surface area contributed by atoms with E-state index >= 15 is 0 Å². The molecule has 1 amide bonds. The SMILES string of the molecule is COc1ccc(NC(=O)COc2ccc(Cl)c(Cl)c2)c(OC)c1. The van der Waals surface area contributed by atoms with E-state index in [0.29, 0.717) is 33.0 Å². The number of benzene rings is 2. The summed E-state index contributed by atoms with van der Waals surface area (Å²) < 4.78 is 15.7. The fourth-order valence-electron chi connectivity index (χ4n) is 1.80. The molecule has 0 saturated carbocycles. The maximum absolute atomic E-state index is 12.0. The van der Waals surface area contributed by atoms with Crippen LogP contribution in [0.1, 0.15) is 0 Å². The van der Waals surface area contributed by atoms with Gasteiger partial charge in [-0.3, -0.25) is 4.79 Å². The maximum Gasteiger partial charge on any atom is 0.262 e. The number of halogens is 2. The third-order valence-corrected chi connectivity index (χ3v) is 3.68. The third kappa shape index (κ3) is 4.68. The second-order valence-corrected chi connectivity index (χ2v) is 5.29. The van der Waals surface area contributed by atoms with E-state index in [0.717, 1.165) is 0 Å². The lowest BCUT2D eigenvalue weighted by molar-refractivity contribution is -0.118. The summed E-state index contributed by atoms with van der Waals surface area (Å²) in [7, 11) is 3.06. The smallest absolute Gasteiger partial charge is 0.262 e. The van der Waals surface area contributed by atoms with Crippen molar-refractivity contribution in [2.45, 2.75) is 0 Å². The van der Waals surface area contributed by atoms with Gasteiger partial charge in [0, 0.05) is 12.1 Å². The number of ether oxygens (including phenoxy) is 3. The van der Waals surface area contributed by atoms with E-state index in [2.05, 4.69) is 5.32 Å². The van der Waals surface area contributed by atoms with E-state index in [9.17, 15) is 4.79 Å². The van der Waals surface area contributed by atoms with Gasteiger partial charge in [-0.25, -0.2) is 0 Å². The van der Waals surface area contributed by atoms with Gasteiger partial charge in [-0.2, -0.15) is 0 Å². The van der Waals surface area contributed by atoms with Crippen LogP contribution in [-0.2, 0) is 4.79 Å². The highest BCUT2D eigenvalue weighted by atomic mass is 35.5. The van der Waals surface area contributed by atoms with Crippen LogP contribution in [0, 0.1) is 0 Å². The van der Waals surface area contributed by atoms with Crippen LogP contribution in [0.2, 0.25) is 10.0 Å². The first kappa shape index (κ1) is 17.2. The highest BCUT2D eigenvalue weighted by Crippen LogP contribution is 2.29. The molecule has 0 aliphatic heterocycles. The van der Waals surface area contributed by atoms with Crippen molar-refractivity contribution >= 4 is 34.8 Å². The molecule has 0 unspecified atom stereocenters. The Morgan fingerprint density at radius 1 is 1.00 bits per heavy atom. The molecule has 2 rings (SSSR count). The van der Waals surface area contributed by atoms with Gasteiger partial charge >= 0.3 is 0 Å². The maximum atomic E-state index is 12.0. The Hall–Kier alpha value is -2.11. The Morgan fingerprint density at radius 2 is 1.74 bits per heavy atom. The summed E-state index contributed by atoms with van der Waals surface area (Å²) in [5, 5.41) is 3.49. The van der Waals surface area contributed by atoms with Gasteiger partial charge < -0.3 is 19.5 Å². The molecule has 23 heavy (non-hydrogen) atoms. The van der Waals surface area contributed by atoms with Gasteiger partial charge in [0.1, 0.15) is 17.2 Å². The topological polar surface area (TPSA) is 56.8 Å². The van der Waals surface area contributed by atoms with Crippen molar-refractivity contribution in [1.82, 2.24) is 0 Å². The first-order valence-electron chi connectivity index (χ1n) is 6.63. The van der Waals surface area contributed by atoms with Crippen LogP contribution < -0.4 is 19.5 Å². The molecule has 0 aromatic heterocycles. The van der Waals surface area contributed by atoms with E-state index in [4.69, 9.17) is 37.4 Å². The fourth-order valence-corrected chi connectivity index (χ4v) is 2.09. The zero-order chi connectivity index (χ0) is 16.8. The minimum absolute atomic E-state index is 0.173. The van der Waals surface area contributed by atoms with Gasteiger partial charge in [0.15, 0.2) is 6.61 Å². The van der Waals surface area contributed by atoms with E-state index in [-0.39, 0.29) is 12.5 Å². The standard InChI is InChI=1S/C16H15Cl2NO4/c1-21-10-4-6-14(15(8-10)22-2)19-16(20)9-23-11-3-5-12(17)13(18)7-11/h3-8H,9H2,1-2H3,(H,19,20). The zero-order valence-electron chi connectivity index (χ0n) is 12.6. The number of hydrogen-bond donors (Lipinski definition) is 1. The van der Waals surface area contributed by atoms with Crippen molar-refractivity contribution in [3.05, 3.63) is 46.4 Å². The molecule has 122 valence electrons. The number of hydrogen-bond acceptors (Lipinski definition) is 4. The Labute approximate surface area is 144 Å². The molecule has 0 heterocycles. The van der Waals surface area contributed by atoms with Gasteiger partial charge in [0.25, 0.3) is 5.91 Å². The Balaban J connectivity index is 1.98. The second-order valence-electron chi connectivity index (χ2n) is 4.48. The summed E-state index contributed by atoms with van der Waals surface area (Å²) in [6.07, 6.45) is 0. The average molecular weight is 356 g/mol. The summed E-state index contributed by atoms with van der Waals surface area (Å²) >= 11 is 11.7. The van der Waals surface area contributed by atoms with E-state index in [1.54, 1.807) is 43.5 Å². The second kappa shape index (κ2) is 7.94. The van der Waals surface area contributed by atoms with E-state index in [1.165, 1.54) is 7.11 Å². The minimum atomic E-state index is -0.334. The Morgan fingerprint density at radius 3 is 2.39 bits per heavy atom. The van der Waals surface area contributed by atoms with Crippen molar-refractivity contribution in [3.63, 3.8) is 0 Å². The molecule has 0 saturated heterocycles. The molecule has 1 N–H and O–H groups in total. The molecule has 2 aromatic carbocycles. The van der Waals surface area contributed by atoms with Crippen molar-refractivity contribution in [2.75, 3.05) is 26.1 Å². The summed E-state index contributed by atoms with van der Waals surface area (Å²) in [5.74, 6) is 1.25. The van der Waals surface area contributed by atoms with E-state index in [1.807, 2.05) is 0 Å². The molecule has 0 bridgehead atoms. The molecule has 0 atom stereocenters. The summed E-state index contributed by atoms with van der Waals surface area (Å²) in [4.78, 5) is 12.0. The molecule has 5 nitrogen and oxygen atoms in total. The molecule has 2 aromatic rings. The fraction of sp³-hybridized carbons (Fsp3) is 0.188. The van der Waals surface area contributed by atoms with E-state index < -0.39 is 0 Å². The number of carbonyl (C=O) groups is 1. The summed E-state index contributed by atoms with van der Waals surface area (Å²) in [5.41, 5.74) is 0.524. The van der Waals surface area contributed by atoms with Crippen molar-refractivity contribution in [3.8, 4) is 17.2 Å². The lowest BCUT2D eigenvalue weighted by Gasteiger charge is -2.12. The predicted molar refractivity (Wildman–Crippen MR) is 90.1 cm³/mol. The normalized spacial score (nSPS) is 10.1. The van der Waals surface area contributed by atoms with Crippen molar-refractivity contribution in [1.29, 1.82) is 0 Å². The molecule has 0 spiro atoms. The minimum Gasteiger partial charge on any atom is -0.497 e. The van der Waals surface area contributed by atoms with Gasteiger partial charge in [-0.1, -0.05) is 23.2 Å². The largest absolute Gasteiger partial charge is 0.497 e. The van der Waals surface area contributed by atoms with Gasteiger partial charge in [-0.15, -0.1) is 0 Å². The summed E-state index contributed by atoms with van der Waals surface area (Å²) in [6.45, 7) is -0.173. The monoisotopic (exact) mass is 355 g/mol. The number of carbonyl (C=O) groups excluding carboxylic acids is 1. The highest BCUT2D eigenvalue weighted by molar-refractivity contribution is 6.42. The lowest BCUT2D eigenvalue weighted by Crippen LogP contribution is -2.20. The van der Waals surface area contributed by atoms with Crippen LogP contribution in [0.25, 0.3) is 0 Å². The van der Waals surface area contributed by atoms with Crippen molar-refractivity contribution in [2.24, 2.45) is 0 Å². The van der Waals surface area contributed by atoms with Crippen molar-refractivity contribution < 1.29 is 19.0 Å². The first-order valence-corrected chi connectivity index (χ1v) is 7.39. The number of methoxy groups -OCH3 is 2. The molecule has 0 fully saturated rings. The summed E-state index contributed by atoms with van der Waals surface area (Å²) in [6, 6.07) is 9.87. The zero-order valence-corrected chi connectivity index (χ0v) is 14.1. The van der Waals surface area contributed by atoms with Gasteiger partial charge in [-0.05, 0) is 24.3 Å². The highest BCUT2D eigenvalue weighted by Gasteiger charge is 2.10. The van der Waals surface area contributed by atoms with Crippen LogP contribution in [0.15, 0.2) is 36.4 Å².